The van der Waals surface area contributed by atoms with Gasteiger partial charge in [0.25, 0.3) is 0 Å². The molecule has 13 heavy (non-hydrogen) atoms. The average molecular weight is 176 g/mol. The van der Waals surface area contributed by atoms with E-state index in [2.05, 4.69) is 5.10 Å². The standard InChI is InChI=1S/C10H12N2O/c1-8(2)13-10-4-3-9-5-6-11-12(9)7-10/h3-8H,1-2H3. The first-order valence-corrected chi connectivity index (χ1v) is 4.36. The zero-order valence-electron chi connectivity index (χ0n) is 7.77. The Morgan fingerprint density at radius 3 is 2.92 bits per heavy atom. The quantitative estimate of drug-likeness (QED) is 0.700. The van der Waals surface area contributed by atoms with E-state index >= 15 is 0 Å². The largest absolute Gasteiger partial charge is 0.489 e. The molecule has 3 heteroatoms. The van der Waals surface area contributed by atoms with Gasteiger partial charge in [0.2, 0.25) is 0 Å². The minimum Gasteiger partial charge on any atom is -0.489 e. The summed E-state index contributed by atoms with van der Waals surface area (Å²) in [6.07, 6.45) is 3.86. The Morgan fingerprint density at radius 2 is 2.15 bits per heavy atom. The minimum atomic E-state index is 0.202. The highest BCUT2D eigenvalue weighted by Gasteiger charge is 1.99. The SMILES string of the molecule is CC(C)Oc1ccc2ccnn2c1. The first-order chi connectivity index (χ1) is 6.25. The van der Waals surface area contributed by atoms with Crippen LogP contribution in [0.4, 0.5) is 0 Å². The normalized spacial score (nSPS) is 11.0. The number of rotatable bonds is 2. The van der Waals surface area contributed by atoms with Crippen molar-refractivity contribution >= 4 is 5.52 Å². The summed E-state index contributed by atoms with van der Waals surface area (Å²) in [6.45, 7) is 4.01. The number of hydrogen-bond donors (Lipinski definition) is 0. The van der Waals surface area contributed by atoms with Gasteiger partial charge in [-0.25, -0.2) is 4.52 Å². The molecule has 0 unspecified atom stereocenters. The molecule has 0 radical (unpaired) electrons. The number of fused-ring (bicyclic) bond motifs is 1. The van der Waals surface area contributed by atoms with Crippen molar-refractivity contribution in [3.05, 3.63) is 30.6 Å². The molecule has 0 saturated heterocycles. The van der Waals surface area contributed by atoms with Crippen LogP contribution < -0.4 is 4.74 Å². The van der Waals surface area contributed by atoms with E-state index in [9.17, 15) is 0 Å². The van der Waals surface area contributed by atoms with Crippen molar-refractivity contribution in [1.29, 1.82) is 0 Å². The lowest BCUT2D eigenvalue weighted by atomic mass is 10.4. The highest BCUT2D eigenvalue weighted by Crippen LogP contribution is 2.13. The fraction of sp³-hybridized carbons (Fsp3) is 0.300. The molecule has 2 aromatic rings. The minimum absolute atomic E-state index is 0.202. The third-order valence-corrected chi connectivity index (χ3v) is 1.74. The van der Waals surface area contributed by atoms with Crippen LogP contribution in [-0.4, -0.2) is 15.7 Å². The van der Waals surface area contributed by atoms with E-state index in [1.165, 1.54) is 0 Å². The van der Waals surface area contributed by atoms with Crippen molar-refractivity contribution in [2.75, 3.05) is 0 Å². The second-order valence-corrected chi connectivity index (χ2v) is 3.23. The van der Waals surface area contributed by atoms with Gasteiger partial charge in [-0.05, 0) is 32.0 Å². The molecular weight excluding hydrogens is 164 g/mol. The number of pyridine rings is 1. The van der Waals surface area contributed by atoms with Crippen molar-refractivity contribution < 1.29 is 4.74 Å². The lowest BCUT2D eigenvalue weighted by Crippen LogP contribution is -2.06. The maximum absolute atomic E-state index is 5.53. The summed E-state index contributed by atoms with van der Waals surface area (Å²) in [5.74, 6) is 0.853. The maximum atomic E-state index is 5.53. The first-order valence-electron chi connectivity index (χ1n) is 4.36. The highest BCUT2D eigenvalue weighted by molar-refractivity contribution is 5.47. The predicted molar refractivity (Wildman–Crippen MR) is 51.0 cm³/mol. The van der Waals surface area contributed by atoms with Crippen LogP contribution in [0.25, 0.3) is 5.52 Å². The molecule has 68 valence electrons. The summed E-state index contributed by atoms with van der Waals surface area (Å²) in [7, 11) is 0. The Labute approximate surface area is 76.9 Å². The monoisotopic (exact) mass is 176 g/mol. The van der Waals surface area contributed by atoms with E-state index in [4.69, 9.17) is 4.74 Å². The van der Waals surface area contributed by atoms with Crippen LogP contribution in [-0.2, 0) is 0 Å². The average Bonchev–Trinajstić information content (AvgIpc) is 2.49. The van der Waals surface area contributed by atoms with Gasteiger partial charge in [-0.15, -0.1) is 0 Å². The van der Waals surface area contributed by atoms with E-state index in [-0.39, 0.29) is 6.10 Å². The third-order valence-electron chi connectivity index (χ3n) is 1.74. The molecule has 0 aliphatic heterocycles. The van der Waals surface area contributed by atoms with Gasteiger partial charge in [0.1, 0.15) is 5.75 Å². The van der Waals surface area contributed by atoms with Crippen LogP contribution in [0.2, 0.25) is 0 Å². The Morgan fingerprint density at radius 1 is 1.31 bits per heavy atom. The summed E-state index contributed by atoms with van der Waals surface area (Å²) < 4.78 is 7.33. The molecule has 0 atom stereocenters. The van der Waals surface area contributed by atoms with Crippen molar-refractivity contribution in [3.63, 3.8) is 0 Å². The number of hydrogen-bond acceptors (Lipinski definition) is 2. The van der Waals surface area contributed by atoms with Gasteiger partial charge in [0.05, 0.1) is 17.8 Å². The van der Waals surface area contributed by atoms with E-state index < -0.39 is 0 Å². The summed E-state index contributed by atoms with van der Waals surface area (Å²) >= 11 is 0. The van der Waals surface area contributed by atoms with Gasteiger partial charge in [-0.3, -0.25) is 0 Å². The third kappa shape index (κ3) is 1.64. The van der Waals surface area contributed by atoms with Crippen LogP contribution >= 0.6 is 0 Å². The van der Waals surface area contributed by atoms with Crippen LogP contribution in [0.3, 0.4) is 0 Å². The molecule has 0 saturated carbocycles. The van der Waals surface area contributed by atoms with Gasteiger partial charge >= 0.3 is 0 Å². The van der Waals surface area contributed by atoms with Gasteiger partial charge in [0, 0.05) is 6.20 Å². The van der Waals surface area contributed by atoms with Crippen LogP contribution in [0.1, 0.15) is 13.8 Å². The molecule has 0 fully saturated rings. The molecule has 0 aromatic carbocycles. The summed E-state index contributed by atoms with van der Waals surface area (Å²) in [4.78, 5) is 0. The fourth-order valence-corrected chi connectivity index (χ4v) is 1.24. The molecule has 0 N–H and O–H groups in total. The molecule has 2 aromatic heterocycles. The van der Waals surface area contributed by atoms with Crippen LogP contribution in [0.15, 0.2) is 30.6 Å². The van der Waals surface area contributed by atoms with E-state index in [0.717, 1.165) is 11.3 Å². The van der Waals surface area contributed by atoms with Crippen LogP contribution in [0, 0.1) is 0 Å². The van der Waals surface area contributed by atoms with E-state index in [1.54, 1.807) is 10.7 Å². The Kier molecular flexibility index (Phi) is 1.93. The molecule has 0 bridgehead atoms. The van der Waals surface area contributed by atoms with Gasteiger partial charge in [-0.2, -0.15) is 5.10 Å². The van der Waals surface area contributed by atoms with Crippen molar-refractivity contribution in [2.24, 2.45) is 0 Å². The maximum Gasteiger partial charge on any atom is 0.138 e. The Hall–Kier alpha value is -1.51. The number of ether oxygens (including phenoxy) is 1. The van der Waals surface area contributed by atoms with Crippen LogP contribution in [0.5, 0.6) is 5.75 Å². The van der Waals surface area contributed by atoms with Crippen molar-refractivity contribution in [3.8, 4) is 5.75 Å². The summed E-state index contributed by atoms with van der Waals surface area (Å²) in [6, 6.07) is 5.90. The molecule has 0 aliphatic rings. The topological polar surface area (TPSA) is 26.5 Å². The molecule has 2 heterocycles. The molecule has 0 spiro atoms. The zero-order valence-corrected chi connectivity index (χ0v) is 7.77. The molecule has 2 rings (SSSR count). The molecular formula is C10H12N2O. The molecule has 0 aliphatic carbocycles. The first kappa shape index (κ1) is 8.10. The summed E-state index contributed by atoms with van der Waals surface area (Å²) in [5.41, 5.74) is 1.08. The predicted octanol–water partition coefficient (Wildman–Crippen LogP) is 2.12. The zero-order chi connectivity index (χ0) is 9.26. The molecule has 3 nitrogen and oxygen atoms in total. The highest BCUT2D eigenvalue weighted by atomic mass is 16.5. The summed E-state index contributed by atoms with van der Waals surface area (Å²) in [5, 5.41) is 4.12. The lowest BCUT2D eigenvalue weighted by Gasteiger charge is -2.08. The second-order valence-electron chi connectivity index (χ2n) is 3.23. The lowest BCUT2D eigenvalue weighted by molar-refractivity contribution is 0.241. The van der Waals surface area contributed by atoms with Gasteiger partial charge < -0.3 is 4.74 Å². The van der Waals surface area contributed by atoms with Crippen molar-refractivity contribution in [1.82, 2.24) is 9.61 Å². The fourth-order valence-electron chi connectivity index (χ4n) is 1.24. The Bertz CT molecular complexity index is 406. The smallest absolute Gasteiger partial charge is 0.138 e. The van der Waals surface area contributed by atoms with E-state index in [0.29, 0.717) is 0 Å². The van der Waals surface area contributed by atoms with E-state index in [1.807, 2.05) is 38.2 Å². The number of aromatic nitrogens is 2. The second kappa shape index (κ2) is 3.09. The van der Waals surface area contributed by atoms with Crippen molar-refractivity contribution in [2.45, 2.75) is 20.0 Å². The Balaban J connectivity index is 2.37. The number of nitrogens with zero attached hydrogens (tertiary/aromatic N) is 2. The van der Waals surface area contributed by atoms with Gasteiger partial charge in [0.15, 0.2) is 0 Å². The molecule has 0 amide bonds. The van der Waals surface area contributed by atoms with Gasteiger partial charge in [-0.1, -0.05) is 0 Å².